The van der Waals surface area contributed by atoms with Crippen LogP contribution in [-0.4, -0.2) is 11.9 Å². The molecule has 4 nitrogen and oxygen atoms in total. The Labute approximate surface area is 145 Å². The zero-order valence-electron chi connectivity index (χ0n) is 13.5. The minimum Gasteiger partial charge on any atom is -0.454 e. The van der Waals surface area contributed by atoms with Crippen molar-refractivity contribution in [2.75, 3.05) is 12.1 Å². The highest BCUT2D eigenvalue weighted by molar-refractivity contribution is 5.79. The van der Waals surface area contributed by atoms with Gasteiger partial charge in [-0.05, 0) is 52.1 Å². The van der Waals surface area contributed by atoms with Crippen LogP contribution >= 0.6 is 0 Å². The van der Waals surface area contributed by atoms with Crippen LogP contribution in [0.15, 0.2) is 60.7 Å². The molecule has 1 aliphatic heterocycles. The molecule has 2 N–H and O–H groups in total. The summed E-state index contributed by atoms with van der Waals surface area (Å²) in [5, 5.41) is 14.0. The Hall–Kier alpha value is -2.98. The maximum atomic E-state index is 10.6. The Morgan fingerprint density at radius 1 is 0.880 bits per heavy atom. The van der Waals surface area contributed by atoms with Crippen LogP contribution in [0.1, 0.15) is 22.8 Å². The minimum atomic E-state index is -0.557. The van der Waals surface area contributed by atoms with E-state index in [9.17, 15) is 5.11 Å². The maximum absolute atomic E-state index is 10.6. The number of aliphatic hydroxyl groups is 1. The van der Waals surface area contributed by atoms with E-state index in [0.717, 1.165) is 45.0 Å². The summed E-state index contributed by atoms with van der Waals surface area (Å²) >= 11 is 0. The largest absolute Gasteiger partial charge is 0.454 e. The number of anilines is 1. The molecule has 0 bridgehead atoms. The zero-order valence-corrected chi connectivity index (χ0v) is 13.5. The van der Waals surface area contributed by atoms with E-state index in [4.69, 9.17) is 9.47 Å². The number of benzene rings is 3. The van der Waals surface area contributed by atoms with Gasteiger partial charge < -0.3 is 19.9 Å². The molecule has 5 rings (SSSR count). The second-order valence-corrected chi connectivity index (χ2v) is 6.33. The van der Waals surface area contributed by atoms with Crippen molar-refractivity contribution in [1.82, 2.24) is 0 Å². The number of hydrogen-bond acceptors (Lipinski definition) is 4. The van der Waals surface area contributed by atoms with Gasteiger partial charge in [0, 0.05) is 12.2 Å². The van der Waals surface area contributed by atoms with E-state index in [1.165, 1.54) is 0 Å². The minimum absolute atomic E-state index is 0.287. The first-order chi connectivity index (χ1) is 12.3. The zero-order chi connectivity index (χ0) is 16.8. The molecule has 0 amide bonds. The first-order valence-electron chi connectivity index (χ1n) is 8.33. The molecule has 1 atom stereocenters. The summed E-state index contributed by atoms with van der Waals surface area (Å²) in [6, 6.07) is 20.1. The van der Waals surface area contributed by atoms with Gasteiger partial charge >= 0.3 is 0 Å². The summed E-state index contributed by atoms with van der Waals surface area (Å²) in [6.07, 6.45) is -0.557. The molecular formula is C21H17NO3. The summed E-state index contributed by atoms with van der Waals surface area (Å²) in [5.41, 5.74) is 6.27. The number of nitrogens with one attached hydrogen (secondary N) is 1. The fraction of sp³-hybridized carbons (Fsp3) is 0.143. The van der Waals surface area contributed by atoms with Gasteiger partial charge in [0.25, 0.3) is 0 Å². The van der Waals surface area contributed by atoms with Crippen molar-refractivity contribution >= 4 is 5.69 Å². The van der Waals surface area contributed by atoms with Gasteiger partial charge in [0.1, 0.15) is 6.10 Å². The van der Waals surface area contributed by atoms with E-state index in [0.29, 0.717) is 6.54 Å². The van der Waals surface area contributed by atoms with Crippen molar-refractivity contribution in [1.29, 1.82) is 0 Å². The van der Waals surface area contributed by atoms with Crippen LogP contribution in [0.25, 0.3) is 11.1 Å². The van der Waals surface area contributed by atoms with Crippen molar-refractivity contribution in [2.24, 2.45) is 0 Å². The fourth-order valence-corrected chi connectivity index (χ4v) is 3.55. The second-order valence-electron chi connectivity index (χ2n) is 6.33. The maximum Gasteiger partial charge on any atom is 0.231 e. The van der Waals surface area contributed by atoms with E-state index in [1.54, 1.807) is 0 Å². The lowest BCUT2D eigenvalue weighted by Crippen LogP contribution is -2.01. The number of aliphatic hydroxyl groups excluding tert-OH is 1. The monoisotopic (exact) mass is 331 g/mol. The molecule has 0 saturated heterocycles. The lowest BCUT2D eigenvalue weighted by molar-refractivity contribution is 0.174. The van der Waals surface area contributed by atoms with Crippen molar-refractivity contribution in [3.63, 3.8) is 0 Å². The number of ether oxygens (including phenoxy) is 2. The van der Waals surface area contributed by atoms with Gasteiger partial charge in [-0.2, -0.15) is 0 Å². The lowest BCUT2D eigenvalue weighted by atomic mass is 10.1. The van der Waals surface area contributed by atoms with Gasteiger partial charge in [-0.25, -0.2) is 0 Å². The van der Waals surface area contributed by atoms with Crippen molar-refractivity contribution in [2.45, 2.75) is 12.6 Å². The molecule has 0 fully saturated rings. The van der Waals surface area contributed by atoms with E-state index in [2.05, 4.69) is 23.5 Å². The first kappa shape index (κ1) is 14.4. The molecular weight excluding hydrogens is 314 g/mol. The molecule has 0 radical (unpaired) electrons. The summed E-state index contributed by atoms with van der Waals surface area (Å²) < 4.78 is 10.8. The number of hydrogen-bond donors (Lipinski definition) is 2. The van der Waals surface area contributed by atoms with Crippen LogP contribution in [0.2, 0.25) is 0 Å². The molecule has 25 heavy (non-hydrogen) atoms. The van der Waals surface area contributed by atoms with Crippen LogP contribution in [0.4, 0.5) is 5.69 Å². The van der Waals surface area contributed by atoms with Crippen LogP contribution < -0.4 is 14.8 Å². The highest BCUT2D eigenvalue weighted by Crippen LogP contribution is 2.44. The van der Waals surface area contributed by atoms with E-state index in [-0.39, 0.29) is 6.79 Å². The summed E-state index contributed by atoms with van der Waals surface area (Å²) in [6.45, 7) is 0.966. The van der Waals surface area contributed by atoms with E-state index >= 15 is 0 Å². The Morgan fingerprint density at radius 3 is 2.68 bits per heavy atom. The molecule has 3 aromatic rings. The van der Waals surface area contributed by atoms with Crippen LogP contribution in [-0.2, 0) is 6.54 Å². The summed E-state index contributed by atoms with van der Waals surface area (Å²) in [7, 11) is 0. The molecule has 0 unspecified atom stereocenters. The second kappa shape index (κ2) is 5.53. The lowest BCUT2D eigenvalue weighted by Gasteiger charge is -2.11. The number of fused-ring (bicyclic) bond motifs is 4. The molecule has 2 aliphatic rings. The summed E-state index contributed by atoms with van der Waals surface area (Å²) in [4.78, 5) is 0. The normalized spacial score (nSPS) is 16.4. The standard InChI is InChI=1S/C21H17NO3/c23-21-17-4-2-1-3-15(17)16-7-6-14(10-18(16)21)22-11-13-5-8-19-20(9-13)25-12-24-19/h1-10,21-23H,11-12H2/t21-/m0/s1. The quantitative estimate of drug-likeness (QED) is 0.759. The molecule has 124 valence electrons. The highest BCUT2D eigenvalue weighted by atomic mass is 16.7. The molecule has 1 aliphatic carbocycles. The Bertz CT molecular complexity index is 967. The Morgan fingerprint density at radius 2 is 1.72 bits per heavy atom. The molecule has 4 heteroatoms. The Balaban J connectivity index is 1.38. The Kier molecular flexibility index (Phi) is 3.18. The van der Waals surface area contributed by atoms with Crippen molar-refractivity contribution < 1.29 is 14.6 Å². The van der Waals surface area contributed by atoms with Crippen molar-refractivity contribution in [3.05, 3.63) is 77.4 Å². The average molecular weight is 331 g/mol. The van der Waals surface area contributed by atoms with Gasteiger partial charge in [-0.15, -0.1) is 0 Å². The van der Waals surface area contributed by atoms with Gasteiger partial charge in [0.15, 0.2) is 11.5 Å². The number of rotatable bonds is 3. The van der Waals surface area contributed by atoms with Crippen LogP contribution in [0.5, 0.6) is 11.5 Å². The van der Waals surface area contributed by atoms with Gasteiger partial charge in [0.05, 0.1) is 0 Å². The average Bonchev–Trinajstić information content (AvgIpc) is 3.23. The SMILES string of the molecule is O[C@H]1c2ccccc2-c2ccc(NCc3ccc4c(c3)OCO4)cc21. The third kappa shape index (κ3) is 2.34. The van der Waals surface area contributed by atoms with E-state index < -0.39 is 6.10 Å². The third-order valence-electron chi connectivity index (χ3n) is 4.83. The van der Waals surface area contributed by atoms with Gasteiger partial charge in [0.2, 0.25) is 6.79 Å². The van der Waals surface area contributed by atoms with Crippen LogP contribution in [0, 0.1) is 0 Å². The topological polar surface area (TPSA) is 50.7 Å². The first-order valence-corrected chi connectivity index (χ1v) is 8.33. The molecule has 0 saturated carbocycles. The molecule has 0 spiro atoms. The highest BCUT2D eigenvalue weighted by Gasteiger charge is 2.26. The van der Waals surface area contributed by atoms with Gasteiger partial charge in [-0.3, -0.25) is 0 Å². The smallest absolute Gasteiger partial charge is 0.231 e. The molecule has 1 heterocycles. The predicted molar refractivity (Wildman–Crippen MR) is 95.8 cm³/mol. The third-order valence-corrected chi connectivity index (χ3v) is 4.83. The summed E-state index contributed by atoms with van der Waals surface area (Å²) in [5.74, 6) is 1.58. The van der Waals surface area contributed by atoms with Crippen molar-refractivity contribution in [3.8, 4) is 22.6 Å². The van der Waals surface area contributed by atoms with Crippen LogP contribution in [0.3, 0.4) is 0 Å². The molecule has 0 aromatic heterocycles. The van der Waals surface area contributed by atoms with E-state index in [1.807, 2.05) is 42.5 Å². The predicted octanol–water partition coefficient (Wildman–Crippen LogP) is 4.09. The fourth-order valence-electron chi connectivity index (χ4n) is 3.55. The molecule has 3 aromatic carbocycles. The van der Waals surface area contributed by atoms with Gasteiger partial charge in [-0.1, -0.05) is 36.4 Å².